The van der Waals surface area contributed by atoms with Gasteiger partial charge in [-0.1, -0.05) is 13.3 Å². The molecule has 0 aliphatic heterocycles. The van der Waals surface area contributed by atoms with Crippen LogP contribution in [0.3, 0.4) is 0 Å². The van der Waals surface area contributed by atoms with E-state index in [-0.39, 0.29) is 12.7 Å². The smallest absolute Gasteiger partial charge is 0.144 e. The first-order chi connectivity index (χ1) is 9.08. The van der Waals surface area contributed by atoms with Crippen LogP contribution in [0.4, 0.5) is 11.4 Å². The van der Waals surface area contributed by atoms with E-state index in [0.29, 0.717) is 18.0 Å². The molecule has 19 heavy (non-hydrogen) atoms. The van der Waals surface area contributed by atoms with Crippen molar-refractivity contribution in [3.8, 4) is 5.75 Å². The van der Waals surface area contributed by atoms with Crippen LogP contribution in [-0.2, 0) is 0 Å². The first kappa shape index (κ1) is 15.6. The largest absolute Gasteiger partial charge is 0.489 e. The second-order valence-corrected chi connectivity index (χ2v) is 4.95. The predicted octanol–water partition coefficient (Wildman–Crippen LogP) is 2.65. The van der Waals surface area contributed by atoms with Crippen molar-refractivity contribution in [1.29, 1.82) is 0 Å². The Hall–Kier alpha value is -1.42. The van der Waals surface area contributed by atoms with E-state index in [1.54, 1.807) is 0 Å². The van der Waals surface area contributed by atoms with Crippen molar-refractivity contribution in [1.82, 2.24) is 0 Å². The normalized spacial score (nSPS) is 10.8. The van der Waals surface area contributed by atoms with Crippen LogP contribution in [0.25, 0.3) is 0 Å². The molecule has 0 bridgehead atoms. The molecule has 4 heteroatoms. The Bertz CT molecular complexity index is 380. The Labute approximate surface area is 116 Å². The van der Waals surface area contributed by atoms with E-state index in [9.17, 15) is 0 Å². The van der Waals surface area contributed by atoms with E-state index in [1.807, 2.05) is 32.0 Å². The Morgan fingerprint density at radius 3 is 2.63 bits per heavy atom. The number of aliphatic hydroxyl groups is 1. The zero-order valence-electron chi connectivity index (χ0n) is 12.2. The number of anilines is 2. The quantitative estimate of drug-likeness (QED) is 0.710. The fourth-order valence-electron chi connectivity index (χ4n) is 1.92. The number of benzene rings is 1. The molecule has 1 aromatic carbocycles. The van der Waals surface area contributed by atoms with Crippen molar-refractivity contribution >= 4 is 11.4 Å². The predicted molar refractivity (Wildman–Crippen MR) is 80.8 cm³/mol. The number of rotatable bonds is 8. The molecule has 3 N–H and O–H groups in total. The monoisotopic (exact) mass is 266 g/mol. The van der Waals surface area contributed by atoms with Crippen molar-refractivity contribution in [2.45, 2.75) is 39.7 Å². The van der Waals surface area contributed by atoms with Crippen molar-refractivity contribution in [3.63, 3.8) is 0 Å². The van der Waals surface area contributed by atoms with E-state index in [0.717, 1.165) is 25.1 Å². The van der Waals surface area contributed by atoms with E-state index in [4.69, 9.17) is 15.6 Å². The molecule has 1 rings (SSSR count). The van der Waals surface area contributed by atoms with Crippen LogP contribution >= 0.6 is 0 Å². The van der Waals surface area contributed by atoms with E-state index in [1.165, 1.54) is 0 Å². The summed E-state index contributed by atoms with van der Waals surface area (Å²) in [4.78, 5) is 2.16. The summed E-state index contributed by atoms with van der Waals surface area (Å²) in [5, 5.41) is 9.17. The lowest BCUT2D eigenvalue weighted by Crippen LogP contribution is -2.27. The van der Waals surface area contributed by atoms with Gasteiger partial charge in [-0.15, -0.1) is 0 Å². The first-order valence-electron chi connectivity index (χ1n) is 7.00. The molecule has 1 aromatic rings. The summed E-state index contributed by atoms with van der Waals surface area (Å²) in [6, 6.07) is 5.80. The summed E-state index contributed by atoms with van der Waals surface area (Å²) >= 11 is 0. The van der Waals surface area contributed by atoms with E-state index >= 15 is 0 Å². The summed E-state index contributed by atoms with van der Waals surface area (Å²) in [5.74, 6) is 0.715. The van der Waals surface area contributed by atoms with E-state index in [2.05, 4.69) is 11.8 Å². The number of unbranched alkanes of at least 4 members (excludes halogenated alkanes) is 1. The summed E-state index contributed by atoms with van der Waals surface area (Å²) in [5.41, 5.74) is 7.62. The van der Waals surface area contributed by atoms with Gasteiger partial charge < -0.3 is 20.5 Å². The highest BCUT2D eigenvalue weighted by Gasteiger charge is 2.10. The van der Waals surface area contributed by atoms with Crippen LogP contribution in [0, 0.1) is 0 Å². The molecule has 0 aliphatic carbocycles. The highest BCUT2D eigenvalue weighted by Crippen LogP contribution is 2.28. The Kier molecular flexibility index (Phi) is 6.50. The van der Waals surface area contributed by atoms with Crippen molar-refractivity contribution in [3.05, 3.63) is 18.2 Å². The first-order valence-corrected chi connectivity index (χ1v) is 7.00. The number of aliphatic hydroxyl groups excluding tert-OH is 1. The van der Waals surface area contributed by atoms with Crippen molar-refractivity contribution in [2.75, 3.05) is 30.3 Å². The van der Waals surface area contributed by atoms with Crippen LogP contribution < -0.4 is 15.4 Å². The maximum absolute atomic E-state index is 9.17. The lowest BCUT2D eigenvalue weighted by molar-refractivity contribution is 0.244. The average Bonchev–Trinajstić information content (AvgIpc) is 2.37. The van der Waals surface area contributed by atoms with Gasteiger partial charge in [0.1, 0.15) is 5.75 Å². The van der Waals surface area contributed by atoms with Gasteiger partial charge in [0.2, 0.25) is 0 Å². The van der Waals surface area contributed by atoms with Gasteiger partial charge in [-0.3, -0.25) is 0 Å². The summed E-state index contributed by atoms with van der Waals surface area (Å²) in [7, 11) is 0. The molecule has 0 heterocycles. The number of hydrogen-bond acceptors (Lipinski definition) is 4. The molecule has 0 saturated carbocycles. The number of nitrogen functional groups attached to an aromatic ring is 1. The molecule has 108 valence electrons. The Balaban J connectivity index is 2.89. The third kappa shape index (κ3) is 4.99. The summed E-state index contributed by atoms with van der Waals surface area (Å²) < 4.78 is 5.70. The summed E-state index contributed by atoms with van der Waals surface area (Å²) in [6.07, 6.45) is 2.33. The van der Waals surface area contributed by atoms with Crippen molar-refractivity contribution in [2.24, 2.45) is 0 Å². The third-order valence-electron chi connectivity index (χ3n) is 2.88. The maximum atomic E-state index is 9.17. The van der Waals surface area contributed by atoms with Gasteiger partial charge in [-0.25, -0.2) is 0 Å². The molecule has 0 spiro atoms. The molecular formula is C15H26N2O2. The molecule has 0 aromatic heterocycles. The van der Waals surface area contributed by atoms with Gasteiger partial charge in [0.15, 0.2) is 0 Å². The van der Waals surface area contributed by atoms with Gasteiger partial charge in [0.05, 0.1) is 18.4 Å². The number of ether oxygens (including phenoxy) is 1. The molecule has 0 amide bonds. The third-order valence-corrected chi connectivity index (χ3v) is 2.88. The van der Waals surface area contributed by atoms with Gasteiger partial charge in [0.25, 0.3) is 0 Å². The molecule has 0 atom stereocenters. The molecular weight excluding hydrogens is 240 g/mol. The van der Waals surface area contributed by atoms with Crippen LogP contribution in [-0.4, -0.2) is 30.9 Å². The maximum Gasteiger partial charge on any atom is 0.144 e. The van der Waals surface area contributed by atoms with Crippen LogP contribution in [0.5, 0.6) is 5.75 Å². The molecule has 0 fully saturated rings. The second-order valence-electron chi connectivity index (χ2n) is 4.95. The van der Waals surface area contributed by atoms with Gasteiger partial charge in [-0.05, 0) is 32.4 Å². The summed E-state index contributed by atoms with van der Waals surface area (Å²) in [6.45, 7) is 7.83. The molecule has 0 unspecified atom stereocenters. The number of nitrogens with zero attached hydrogens (tertiary/aromatic N) is 1. The minimum absolute atomic E-state index is 0.0967. The Morgan fingerprint density at radius 1 is 1.32 bits per heavy atom. The highest BCUT2D eigenvalue weighted by molar-refractivity contribution is 5.62. The minimum atomic E-state index is 0.0967. The van der Waals surface area contributed by atoms with Crippen LogP contribution in [0.2, 0.25) is 0 Å². The van der Waals surface area contributed by atoms with Crippen LogP contribution in [0.15, 0.2) is 18.2 Å². The molecule has 0 radical (unpaired) electrons. The SMILES string of the molecule is CCCCN(CCO)c1ccc(N)c(OC(C)C)c1. The van der Waals surface area contributed by atoms with Gasteiger partial charge in [0, 0.05) is 24.8 Å². The van der Waals surface area contributed by atoms with Crippen molar-refractivity contribution < 1.29 is 9.84 Å². The topological polar surface area (TPSA) is 58.7 Å². The van der Waals surface area contributed by atoms with Gasteiger partial charge >= 0.3 is 0 Å². The highest BCUT2D eigenvalue weighted by atomic mass is 16.5. The Morgan fingerprint density at radius 2 is 2.05 bits per heavy atom. The lowest BCUT2D eigenvalue weighted by atomic mass is 10.2. The lowest BCUT2D eigenvalue weighted by Gasteiger charge is -2.25. The zero-order chi connectivity index (χ0) is 14.3. The molecule has 4 nitrogen and oxygen atoms in total. The fourth-order valence-corrected chi connectivity index (χ4v) is 1.92. The molecule has 0 aliphatic rings. The molecule has 0 saturated heterocycles. The standard InChI is InChI=1S/C15H26N2O2/c1-4-5-8-17(9-10-18)13-6-7-14(16)15(11-13)19-12(2)3/h6-7,11-12,18H,4-5,8-10,16H2,1-3H3. The number of hydrogen-bond donors (Lipinski definition) is 2. The van der Waals surface area contributed by atoms with Gasteiger partial charge in [-0.2, -0.15) is 0 Å². The average molecular weight is 266 g/mol. The van der Waals surface area contributed by atoms with Crippen LogP contribution in [0.1, 0.15) is 33.6 Å². The fraction of sp³-hybridized carbons (Fsp3) is 0.600. The minimum Gasteiger partial charge on any atom is -0.489 e. The second kappa shape index (κ2) is 7.89. The van der Waals surface area contributed by atoms with E-state index < -0.39 is 0 Å². The number of nitrogens with two attached hydrogens (primary N) is 1. The zero-order valence-corrected chi connectivity index (χ0v) is 12.2.